The zero-order valence-electron chi connectivity index (χ0n) is 19.8. The van der Waals surface area contributed by atoms with E-state index in [4.69, 9.17) is 5.73 Å². The van der Waals surface area contributed by atoms with Crippen LogP contribution in [-0.4, -0.2) is 69.3 Å². The average Bonchev–Trinajstić information content (AvgIpc) is 3.25. The van der Waals surface area contributed by atoms with Crippen molar-refractivity contribution in [2.24, 2.45) is 17.6 Å². The summed E-state index contributed by atoms with van der Waals surface area (Å²) in [7, 11) is 0. The Bertz CT molecular complexity index is 970. The van der Waals surface area contributed by atoms with E-state index in [1.165, 1.54) is 12.8 Å². The van der Waals surface area contributed by atoms with Gasteiger partial charge in [-0.1, -0.05) is 31.6 Å². The van der Waals surface area contributed by atoms with E-state index in [9.17, 15) is 14.8 Å². The van der Waals surface area contributed by atoms with Crippen LogP contribution in [0, 0.1) is 29.0 Å². The summed E-state index contributed by atoms with van der Waals surface area (Å²) in [5.41, 5.74) is 8.62. The van der Waals surface area contributed by atoms with Gasteiger partial charge in [0.25, 0.3) is 0 Å². The van der Waals surface area contributed by atoms with Crippen LogP contribution in [-0.2, 0) is 0 Å². The third kappa shape index (κ3) is 3.67. The minimum absolute atomic E-state index is 0.0483. The monoisotopic (exact) mass is 465 g/mol. The van der Waals surface area contributed by atoms with Crippen molar-refractivity contribution in [2.75, 3.05) is 13.1 Å². The topological polar surface area (TPSA) is 79.8 Å². The fourth-order valence-corrected chi connectivity index (χ4v) is 7.61. The molecule has 5 fully saturated rings. The second kappa shape index (κ2) is 8.60. The Balaban J connectivity index is 1.16. The lowest BCUT2D eigenvalue weighted by Gasteiger charge is -2.45. The average molecular weight is 466 g/mol. The minimum Gasteiger partial charge on any atom is -0.377 e. The molecule has 0 amide bonds. The van der Waals surface area contributed by atoms with Crippen molar-refractivity contribution >= 4 is 0 Å². The summed E-state index contributed by atoms with van der Waals surface area (Å²) < 4.78 is 13.6. The van der Waals surface area contributed by atoms with Gasteiger partial charge in [-0.25, -0.2) is 4.39 Å². The molecule has 3 N–H and O–H groups in total. The predicted octanol–water partition coefficient (Wildman–Crippen LogP) is 2.96. The third-order valence-electron chi connectivity index (χ3n) is 9.32. The highest BCUT2D eigenvalue weighted by Gasteiger charge is 2.55. The van der Waals surface area contributed by atoms with Crippen LogP contribution in [0.25, 0.3) is 0 Å². The number of hydrogen-bond donors (Lipinski definition) is 2. The second-order valence-corrected chi connectivity index (χ2v) is 11.3. The fourth-order valence-electron chi connectivity index (χ4n) is 7.61. The van der Waals surface area contributed by atoms with Gasteiger partial charge in [-0.15, -0.1) is 0 Å². The maximum absolute atomic E-state index is 13.6. The minimum atomic E-state index is -0.554. The predicted molar refractivity (Wildman–Crippen MR) is 128 cm³/mol. The maximum atomic E-state index is 13.6. The van der Waals surface area contributed by atoms with Crippen molar-refractivity contribution in [3.8, 4) is 6.07 Å². The highest BCUT2D eigenvalue weighted by Crippen LogP contribution is 2.50. The number of piperidine rings is 1. The van der Waals surface area contributed by atoms with E-state index in [-0.39, 0.29) is 36.0 Å². The summed E-state index contributed by atoms with van der Waals surface area (Å²) in [6.45, 7) is 5.83. The Morgan fingerprint density at radius 3 is 2.59 bits per heavy atom. The van der Waals surface area contributed by atoms with Crippen molar-refractivity contribution in [2.45, 2.75) is 87.4 Å². The van der Waals surface area contributed by atoms with Gasteiger partial charge in [-0.2, -0.15) is 5.26 Å². The molecule has 6 nitrogen and oxygen atoms in total. The van der Waals surface area contributed by atoms with E-state index in [0.29, 0.717) is 24.4 Å². The molecule has 3 aliphatic heterocycles. The maximum Gasteiger partial charge on any atom is 0.123 e. The molecule has 5 aliphatic rings. The normalized spacial score (nSPS) is 37.1. The quantitative estimate of drug-likeness (QED) is 0.645. The van der Waals surface area contributed by atoms with Crippen molar-refractivity contribution in [1.82, 2.24) is 14.7 Å². The van der Waals surface area contributed by atoms with Crippen LogP contribution in [0.4, 0.5) is 4.39 Å². The Kier molecular flexibility index (Phi) is 5.69. The fraction of sp³-hybridized carbons (Fsp3) is 0.667. The van der Waals surface area contributed by atoms with Gasteiger partial charge in [0.15, 0.2) is 0 Å². The zero-order chi connectivity index (χ0) is 23.6. The molecule has 1 aromatic rings. The van der Waals surface area contributed by atoms with Crippen molar-refractivity contribution in [1.29, 1.82) is 5.26 Å². The van der Waals surface area contributed by atoms with E-state index in [2.05, 4.69) is 27.3 Å². The molecular formula is C27H36FN5O. The van der Waals surface area contributed by atoms with E-state index < -0.39 is 6.23 Å². The molecule has 3 saturated heterocycles. The van der Waals surface area contributed by atoms with E-state index in [1.54, 1.807) is 12.1 Å². The highest BCUT2D eigenvalue weighted by atomic mass is 19.1. The Labute approximate surface area is 201 Å². The molecule has 2 aliphatic carbocycles. The summed E-state index contributed by atoms with van der Waals surface area (Å²) in [4.78, 5) is 6.84. The molecule has 182 valence electrons. The van der Waals surface area contributed by atoms with Crippen molar-refractivity contribution in [3.63, 3.8) is 0 Å². The first kappa shape index (κ1) is 22.5. The van der Waals surface area contributed by atoms with Gasteiger partial charge in [-0.05, 0) is 61.6 Å². The smallest absolute Gasteiger partial charge is 0.123 e. The van der Waals surface area contributed by atoms with E-state index in [1.807, 2.05) is 12.1 Å². The van der Waals surface area contributed by atoms with Gasteiger partial charge in [0, 0.05) is 36.9 Å². The van der Waals surface area contributed by atoms with Crippen LogP contribution in [0.15, 0.2) is 36.5 Å². The number of aliphatic hydroxyl groups excluding tert-OH is 1. The number of nitrogens with two attached hydrogens (primary N) is 1. The standard InChI is InChI=1S/C27H36FN5O/c1-16(32-21(13-29)10-19-11-24(19)32)23(30)15-31-14-22-12-25(31)27(34)33(22)26(17-4-2-3-5-17)18-6-8-20(28)9-7-18/h6-9,17,19,21-27,34H,1-5,10-12,14-15,30H2/t19-,21?,22+,23?,24?,25?,26+,27?/m1/s1. The first-order valence-electron chi connectivity index (χ1n) is 13.0. The molecule has 6 rings (SSSR count). The molecule has 34 heavy (non-hydrogen) atoms. The molecule has 3 heterocycles. The van der Waals surface area contributed by atoms with Crippen LogP contribution >= 0.6 is 0 Å². The molecule has 0 radical (unpaired) electrons. The molecule has 2 bridgehead atoms. The largest absolute Gasteiger partial charge is 0.377 e. The number of halogens is 1. The van der Waals surface area contributed by atoms with Gasteiger partial charge in [0.05, 0.1) is 18.2 Å². The number of benzene rings is 1. The summed E-state index contributed by atoms with van der Waals surface area (Å²) in [5, 5.41) is 21.0. The van der Waals surface area contributed by atoms with Gasteiger partial charge < -0.3 is 15.7 Å². The lowest BCUT2D eigenvalue weighted by molar-refractivity contribution is -0.0935. The van der Waals surface area contributed by atoms with E-state index in [0.717, 1.165) is 49.9 Å². The van der Waals surface area contributed by atoms with Crippen molar-refractivity contribution < 1.29 is 9.50 Å². The van der Waals surface area contributed by atoms with Crippen LogP contribution in [0.3, 0.4) is 0 Å². The summed E-state index contributed by atoms with van der Waals surface area (Å²) in [6, 6.07) is 9.89. The first-order valence-corrected chi connectivity index (χ1v) is 13.0. The first-order chi connectivity index (χ1) is 16.5. The molecular weight excluding hydrogens is 429 g/mol. The SMILES string of the molecule is C=C(C(N)CN1C[C@@H]2CC1C(O)N2[C@H](c1ccc(F)cc1)C1CCCC1)N1C(C#N)C[C@@H]2CC21. The van der Waals surface area contributed by atoms with Crippen LogP contribution < -0.4 is 5.73 Å². The molecule has 0 aromatic heterocycles. The van der Waals surface area contributed by atoms with Gasteiger partial charge in [0.2, 0.25) is 0 Å². The molecule has 7 heteroatoms. The third-order valence-corrected chi connectivity index (χ3v) is 9.32. The number of rotatable bonds is 7. The number of nitriles is 1. The molecule has 1 aromatic carbocycles. The number of hydrogen-bond acceptors (Lipinski definition) is 6. The molecule has 8 atom stereocenters. The summed E-state index contributed by atoms with van der Waals surface area (Å²) in [6.07, 6.45) is 7.24. The second-order valence-electron chi connectivity index (χ2n) is 11.3. The highest BCUT2D eigenvalue weighted by molar-refractivity contribution is 5.25. The lowest BCUT2D eigenvalue weighted by atomic mass is 9.89. The summed E-state index contributed by atoms with van der Waals surface area (Å²) in [5.74, 6) is 0.914. The van der Waals surface area contributed by atoms with E-state index >= 15 is 0 Å². The van der Waals surface area contributed by atoms with Crippen molar-refractivity contribution in [3.05, 3.63) is 47.9 Å². The van der Waals surface area contributed by atoms with Gasteiger partial charge in [-0.3, -0.25) is 9.80 Å². The van der Waals surface area contributed by atoms with Crippen LogP contribution in [0.2, 0.25) is 0 Å². The number of fused-ring (bicyclic) bond motifs is 3. The Morgan fingerprint density at radius 1 is 1.18 bits per heavy atom. The molecule has 2 saturated carbocycles. The zero-order valence-corrected chi connectivity index (χ0v) is 19.8. The number of nitrogens with zero attached hydrogens (tertiary/aromatic N) is 4. The number of likely N-dealkylation sites (tertiary alicyclic amines) is 3. The molecule has 0 spiro atoms. The summed E-state index contributed by atoms with van der Waals surface area (Å²) >= 11 is 0. The van der Waals surface area contributed by atoms with Gasteiger partial charge >= 0.3 is 0 Å². The number of piperazine rings is 1. The van der Waals surface area contributed by atoms with Gasteiger partial charge in [0.1, 0.15) is 18.1 Å². The molecule has 5 unspecified atom stereocenters. The number of aliphatic hydroxyl groups is 1. The Morgan fingerprint density at radius 2 is 1.91 bits per heavy atom. The Hall–Kier alpha value is -1.98. The van der Waals surface area contributed by atoms with Crippen LogP contribution in [0.1, 0.15) is 56.6 Å². The lowest BCUT2D eigenvalue weighted by Crippen LogP contribution is -2.57. The van der Waals surface area contributed by atoms with Crippen LogP contribution in [0.5, 0.6) is 0 Å².